The highest BCUT2D eigenvalue weighted by Gasteiger charge is 2.25. The van der Waals surface area contributed by atoms with Crippen LogP contribution in [0.1, 0.15) is 24.6 Å². The minimum absolute atomic E-state index is 0.212. The number of carbonyl (C=O) groups excluding carboxylic acids is 1. The zero-order valence-electron chi connectivity index (χ0n) is 23.0. The van der Waals surface area contributed by atoms with Crippen molar-refractivity contribution in [1.29, 1.82) is 5.26 Å². The molecule has 204 valence electrons. The number of aromatic nitrogens is 2. The molecule has 2 aromatic carbocycles. The van der Waals surface area contributed by atoms with Crippen LogP contribution >= 0.6 is 11.8 Å². The minimum atomic E-state index is -0.513. The summed E-state index contributed by atoms with van der Waals surface area (Å²) in [5, 5.41) is 13.2. The fourth-order valence-electron chi connectivity index (χ4n) is 4.21. The van der Waals surface area contributed by atoms with Crippen LogP contribution in [0.5, 0.6) is 17.2 Å². The van der Waals surface area contributed by atoms with Crippen molar-refractivity contribution in [2.75, 3.05) is 26.6 Å². The molecule has 0 fully saturated rings. The highest BCUT2D eigenvalue weighted by molar-refractivity contribution is 8.00. The van der Waals surface area contributed by atoms with Crippen molar-refractivity contribution in [2.45, 2.75) is 30.5 Å². The summed E-state index contributed by atoms with van der Waals surface area (Å²) < 4.78 is 16.6. The zero-order chi connectivity index (χ0) is 28.6. The van der Waals surface area contributed by atoms with E-state index in [-0.39, 0.29) is 5.91 Å². The molecule has 0 aliphatic heterocycles. The number of aryl methyl sites for hydroxylation is 1. The standard InChI is InChI=1S/C31H30N4O4S/c1-6-27(30(36)35-28-14-10-11-19(2)33-28)40-31-23(18-32)22(17-24(34-31)20-12-8-7-9-13-20)21-15-25(37-3)29(39-5)26(16-21)38-4/h7-17,27H,6H2,1-5H3,(H,33,35,36). The summed E-state index contributed by atoms with van der Waals surface area (Å²) in [6.45, 7) is 3.79. The Morgan fingerprint density at radius 3 is 2.23 bits per heavy atom. The number of methoxy groups -OCH3 is 3. The first-order chi connectivity index (χ1) is 19.4. The molecule has 0 radical (unpaired) electrons. The lowest BCUT2D eigenvalue weighted by Crippen LogP contribution is -2.25. The summed E-state index contributed by atoms with van der Waals surface area (Å²) in [7, 11) is 4.63. The number of carbonyl (C=O) groups is 1. The van der Waals surface area contributed by atoms with Gasteiger partial charge in [0.25, 0.3) is 0 Å². The molecule has 0 aliphatic carbocycles. The summed E-state index contributed by atoms with van der Waals surface area (Å²) >= 11 is 1.26. The van der Waals surface area contributed by atoms with Crippen LogP contribution in [-0.2, 0) is 4.79 Å². The summed E-state index contributed by atoms with van der Waals surface area (Å²) in [6.07, 6.45) is 0.518. The molecule has 40 heavy (non-hydrogen) atoms. The summed E-state index contributed by atoms with van der Waals surface area (Å²) in [4.78, 5) is 22.5. The zero-order valence-corrected chi connectivity index (χ0v) is 23.8. The lowest BCUT2D eigenvalue weighted by Gasteiger charge is -2.18. The smallest absolute Gasteiger partial charge is 0.239 e. The SMILES string of the molecule is CCC(Sc1nc(-c2ccccc2)cc(-c2cc(OC)c(OC)c(OC)c2)c1C#N)C(=O)Nc1cccc(C)n1. The average Bonchev–Trinajstić information content (AvgIpc) is 2.98. The lowest BCUT2D eigenvalue weighted by molar-refractivity contribution is -0.115. The van der Waals surface area contributed by atoms with Crippen molar-refractivity contribution in [3.63, 3.8) is 0 Å². The molecule has 1 atom stereocenters. The number of ether oxygens (including phenoxy) is 3. The van der Waals surface area contributed by atoms with Crippen LogP contribution in [0.4, 0.5) is 5.82 Å². The van der Waals surface area contributed by atoms with E-state index in [9.17, 15) is 10.1 Å². The average molecular weight is 555 g/mol. The normalized spacial score (nSPS) is 11.3. The van der Waals surface area contributed by atoms with Gasteiger partial charge in [0.2, 0.25) is 11.7 Å². The van der Waals surface area contributed by atoms with Gasteiger partial charge in [-0.2, -0.15) is 5.26 Å². The monoisotopic (exact) mass is 554 g/mol. The molecule has 1 amide bonds. The third-order valence-corrected chi connectivity index (χ3v) is 7.55. The maximum absolute atomic E-state index is 13.3. The van der Waals surface area contributed by atoms with Crippen LogP contribution in [0, 0.1) is 18.3 Å². The summed E-state index contributed by atoms with van der Waals surface area (Å²) in [5.41, 5.74) is 4.02. The molecule has 4 rings (SSSR count). The minimum Gasteiger partial charge on any atom is -0.493 e. The van der Waals surface area contributed by atoms with Crippen LogP contribution in [0.25, 0.3) is 22.4 Å². The number of benzene rings is 2. The molecule has 4 aromatic rings. The first-order valence-corrected chi connectivity index (χ1v) is 13.5. The molecule has 0 bridgehead atoms. The lowest BCUT2D eigenvalue weighted by atomic mass is 9.98. The first-order valence-electron chi connectivity index (χ1n) is 12.6. The Hall–Kier alpha value is -4.55. The number of anilines is 1. The predicted molar refractivity (Wildman–Crippen MR) is 157 cm³/mol. The van der Waals surface area contributed by atoms with E-state index in [2.05, 4.69) is 16.4 Å². The number of amides is 1. The van der Waals surface area contributed by atoms with E-state index < -0.39 is 5.25 Å². The van der Waals surface area contributed by atoms with Crippen molar-refractivity contribution >= 4 is 23.5 Å². The van der Waals surface area contributed by atoms with Gasteiger partial charge in [0.05, 0.1) is 37.8 Å². The Labute approximate surface area is 238 Å². The van der Waals surface area contributed by atoms with E-state index >= 15 is 0 Å². The Balaban J connectivity index is 1.84. The van der Waals surface area contributed by atoms with Gasteiger partial charge in [-0.1, -0.05) is 55.1 Å². The maximum atomic E-state index is 13.3. The van der Waals surface area contributed by atoms with Crippen LogP contribution in [-0.4, -0.2) is 42.5 Å². The highest BCUT2D eigenvalue weighted by Crippen LogP contribution is 2.44. The van der Waals surface area contributed by atoms with Crippen LogP contribution in [0.2, 0.25) is 0 Å². The Bertz CT molecular complexity index is 1530. The third kappa shape index (κ3) is 6.19. The predicted octanol–water partition coefficient (Wildman–Crippen LogP) is 6.53. The van der Waals surface area contributed by atoms with E-state index in [4.69, 9.17) is 19.2 Å². The number of pyridine rings is 2. The number of rotatable bonds is 10. The van der Waals surface area contributed by atoms with Gasteiger partial charge in [-0.3, -0.25) is 4.79 Å². The molecule has 1 N–H and O–H groups in total. The summed E-state index contributed by atoms with van der Waals surface area (Å²) in [6, 6.07) is 23.0. The molecular weight excluding hydrogens is 524 g/mol. The van der Waals surface area contributed by atoms with Gasteiger partial charge in [-0.25, -0.2) is 9.97 Å². The molecule has 0 saturated carbocycles. The van der Waals surface area contributed by atoms with Crippen molar-refractivity contribution in [1.82, 2.24) is 9.97 Å². The molecule has 8 nitrogen and oxygen atoms in total. The van der Waals surface area contributed by atoms with E-state index in [1.54, 1.807) is 32.4 Å². The van der Waals surface area contributed by atoms with E-state index in [0.29, 0.717) is 56.9 Å². The largest absolute Gasteiger partial charge is 0.493 e. The van der Waals surface area contributed by atoms with Gasteiger partial charge >= 0.3 is 0 Å². The first kappa shape index (κ1) is 28.5. The number of thioether (sulfide) groups is 1. The van der Waals surface area contributed by atoms with Gasteiger partial charge in [-0.05, 0) is 49.2 Å². The van der Waals surface area contributed by atoms with E-state index in [1.807, 2.05) is 62.4 Å². The molecule has 0 saturated heterocycles. The number of nitrogens with one attached hydrogen (secondary N) is 1. The second-order valence-corrected chi connectivity index (χ2v) is 9.99. The Morgan fingerprint density at radius 2 is 1.65 bits per heavy atom. The molecule has 1 unspecified atom stereocenters. The number of hydrogen-bond donors (Lipinski definition) is 1. The fraction of sp³-hybridized carbons (Fsp3) is 0.226. The van der Waals surface area contributed by atoms with Gasteiger partial charge < -0.3 is 19.5 Å². The molecule has 9 heteroatoms. The van der Waals surface area contributed by atoms with Crippen molar-refractivity contribution in [3.05, 3.63) is 78.0 Å². The Kier molecular flexibility index (Phi) is 9.25. The van der Waals surface area contributed by atoms with Gasteiger partial charge in [0, 0.05) is 16.8 Å². The molecular formula is C31H30N4O4S. The number of nitriles is 1. The Morgan fingerprint density at radius 1 is 0.950 bits per heavy atom. The van der Waals surface area contributed by atoms with Crippen molar-refractivity contribution in [3.8, 4) is 45.7 Å². The van der Waals surface area contributed by atoms with Crippen molar-refractivity contribution in [2.24, 2.45) is 0 Å². The summed E-state index contributed by atoms with van der Waals surface area (Å²) in [5.74, 6) is 1.64. The van der Waals surface area contributed by atoms with Gasteiger partial charge in [0.1, 0.15) is 16.9 Å². The quantitative estimate of drug-likeness (QED) is 0.221. The highest BCUT2D eigenvalue weighted by atomic mass is 32.2. The fourth-order valence-corrected chi connectivity index (χ4v) is 5.24. The van der Waals surface area contributed by atoms with Gasteiger partial charge in [-0.15, -0.1) is 0 Å². The number of hydrogen-bond acceptors (Lipinski definition) is 8. The molecule has 0 aliphatic rings. The maximum Gasteiger partial charge on any atom is 0.239 e. The topological polar surface area (TPSA) is 106 Å². The van der Waals surface area contributed by atoms with E-state index in [0.717, 1.165) is 11.3 Å². The van der Waals surface area contributed by atoms with Gasteiger partial charge in [0.15, 0.2) is 11.5 Å². The van der Waals surface area contributed by atoms with Crippen molar-refractivity contribution < 1.29 is 19.0 Å². The molecule has 2 heterocycles. The van der Waals surface area contributed by atoms with Crippen LogP contribution in [0.15, 0.2) is 71.8 Å². The second-order valence-electron chi connectivity index (χ2n) is 8.80. The molecule has 2 aromatic heterocycles. The molecule has 0 spiro atoms. The van der Waals surface area contributed by atoms with E-state index in [1.165, 1.54) is 18.9 Å². The number of nitrogens with zero attached hydrogens (tertiary/aromatic N) is 3. The van der Waals surface area contributed by atoms with Crippen LogP contribution < -0.4 is 19.5 Å². The van der Waals surface area contributed by atoms with Crippen LogP contribution in [0.3, 0.4) is 0 Å². The second kappa shape index (κ2) is 13.0. The third-order valence-electron chi connectivity index (χ3n) is 6.20.